The summed E-state index contributed by atoms with van der Waals surface area (Å²) in [6.45, 7) is 3.45. The molecule has 0 amide bonds. The number of non-ortho nitro benzene ring substituents is 1. The van der Waals surface area contributed by atoms with Crippen molar-refractivity contribution in [1.29, 1.82) is 0 Å². The van der Waals surface area contributed by atoms with Gasteiger partial charge in [-0.1, -0.05) is 12.5 Å². The predicted octanol–water partition coefficient (Wildman–Crippen LogP) is 1.29. The second-order valence-corrected chi connectivity index (χ2v) is 6.06. The third-order valence-corrected chi connectivity index (χ3v) is 4.62. The van der Waals surface area contributed by atoms with Crippen molar-refractivity contribution in [1.82, 2.24) is 4.31 Å². The molecule has 1 aromatic rings. The van der Waals surface area contributed by atoms with Crippen LogP contribution in [0.1, 0.15) is 6.42 Å². The monoisotopic (exact) mass is 338 g/mol. The fourth-order valence-electron chi connectivity index (χ4n) is 1.76. The number of nitro benzene ring substituents is 1. The molecular formula is C14H14N2O6S. The second kappa shape index (κ2) is 7.42. The average Bonchev–Trinajstić information content (AvgIpc) is 2.53. The van der Waals surface area contributed by atoms with E-state index in [1.165, 1.54) is 6.08 Å². The van der Waals surface area contributed by atoms with E-state index in [1.807, 2.05) is 6.04 Å². The molecule has 8 nitrogen and oxygen atoms in total. The van der Waals surface area contributed by atoms with Gasteiger partial charge in [-0.05, 0) is 18.6 Å². The molecule has 9 heteroatoms. The fraction of sp³-hybridized carbons (Fsp3) is 0.214. The number of nitrogens with zero attached hydrogens (tertiary/aromatic N) is 2. The van der Waals surface area contributed by atoms with Gasteiger partial charge in [0.15, 0.2) is 6.04 Å². The molecule has 0 bridgehead atoms. The lowest BCUT2D eigenvalue weighted by atomic mass is 10.2. The van der Waals surface area contributed by atoms with Crippen LogP contribution in [0.2, 0.25) is 0 Å². The Morgan fingerprint density at radius 3 is 2.48 bits per heavy atom. The molecule has 0 unspecified atom stereocenters. The standard InChI is InChI=1S/C14H14N2O6S/c1-4-6-13(14(17)22-3)15(5-2)23(20,21)12-9-7-11(8-10-12)16(18)19/h2,4,7-10,13H,1,6H2,3H3/t13-/m0/s1. The third kappa shape index (κ3) is 3.87. The quantitative estimate of drug-likeness (QED) is 0.185. The molecule has 0 heterocycles. The molecule has 0 fully saturated rings. The number of hydrogen-bond acceptors (Lipinski definition) is 6. The molecule has 1 aromatic carbocycles. The molecule has 0 N–H and O–H groups in total. The van der Waals surface area contributed by atoms with Crippen LogP contribution in [0.15, 0.2) is 41.8 Å². The Bertz CT molecular complexity index is 748. The highest BCUT2D eigenvalue weighted by molar-refractivity contribution is 7.89. The molecule has 0 aromatic heterocycles. The van der Waals surface area contributed by atoms with Crippen molar-refractivity contribution >= 4 is 21.7 Å². The second-order valence-electron chi connectivity index (χ2n) is 4.24. The smallest absolute Gasteiger partial charge is 0.330 e. The number of carbonyl (C=O) groups excluding carboxylic acids is 1. The molecule has 0 saturated carbocycles. The number of ether oxygens (including phenoxy) is 1. The van der Waals surface area contributed by atoms with Crippen LogP contribution < -0.4 is 0 Å². The molecule has 0 aliphatic carbocycles. The summed E-state index contributed by atoms with van der Waals surface area (Å²) in [7, 11) is -3.14. The molecule has 0 aliphatic heterocycles. The molecule has 23 heavy (non-hydrogen) atoms. The van der Waals surface area contributed by atoms with Gasteiger partial charge >= 0.3 is 5.97 Å². The van der Waals surface area contributed by atoms with Gasteiger partial charge in [0.25, 0.3) is 15.7 Å². The van der Waals surface area contributed by atoms with Crippen LogP contribution >= 0.6 is 0 Å². The first-order valence-corrected chi connectivity index (χ1v) is 7.67. The van der Waals surface area contributed by atoms with Crippen LogP contribution in [0.4, 0.5) is 5.69 Å². The summed E-state index contributed by atoms with van der Waals surface area (Å²) < 4.78 is 30.2. The Morgan fingerprint density at radius 1 is 1.52 bits per heavy atom. The van der Waals surface area contributed by atoms with E-state index in [2.05, 4.69) is 11.3 Å². The molecule has 1 rings (SSSR count). The van der Waals surface area contributed by atoms with Gasteiger partial charge in [-0.25, -0.2) is 17.5 Å². The van der Waals surface area contributed by atoms with E-state index in [0.717, 1.165) is 31.4 Å². The maximum absolute atomic E-state index is 12.6. The van der Waals surface area contributed by atoms with Crippen LogP contribution in [0, 0.1) is 22.6 Å². The Labute approximate surface area is 133 Å². The van der Waals surface area contributed by atoms with Crippen molar-refractivity contribution < 1.29 is 22.9 Å². The number of methoxy groups -OCH3 is 1. The highest BCUT2D eigenvalue weighted by Crippen LogP contribution is 2.22. The number of hydrogen-bond donors (Lipinski definition) is 0. The molecule has 0 radical (unpaired) electrons. The van der Waals surface area contributed by atoms with Gasteiger partial charge in [-0.2, -0.15) is 0 Å². The van der Waals surface area contributed by atoms with Gasteiger partial charge in [0.2, 0.25) is 0 Å². The van der Waals surface area contributed by atoms with E-state index in [-0.39, 0.29) is 17.0 Å². The van der Waals surface area contributed by atoms with Crippen LogP contribution in [0.5, 0.6) is 0 Å². The van der Waals surface area contributed by atoms with Crippen molar-refractivity contribution in [2.45, 2.75) is 17.4 Å². The molecule has 1 atom stereocenters. The number of rotatable bonds is 7. The van der Waals surface area contributed by atoms with Crippen LogP contribution in [-0.4, -0.2) is 36.8 Å². The maximum atomic E-state index is 12.6. The number of esters is 1. The summed E-state index contributed by atoms with van der Waals surface area (Å²) in [5, 5.41) is 10.6. The largest absolute Gasteiger partial charge is 0.467 e. The predicted molar refractivity (Wildman–Crippen MR) is 81.6 cm³/mol. The Morgan fingerprint density at radius 2 is 2.09 bits per heavy atom. The van der Waals surface area contributed by atoms with E-state index >= 15 is 0 Å². The topological polar surface area (TPSA) is 107 Å². The van der Waals surface area contributed by atoms with E-state index in [4.69, 9.17) is 6.42 Å². The van der Waals surface area contributed by atoms with E-state index in [1.54, 1.807) is 0 Å². The Balaban J connectivity index is 3.30. The molecule has 122 valence electrons. The maximum Gasteiger partial charge on any atom is 0.330 e. The minimum atomic E-state index is -4.24. The number of sulfonamides is 1. The summed E-state index contributed by atoms with van der Waals surface area (Å²) in [5.74, 6) is -0.840. The van der Waals surface area contributed by atoms with E-state index in [9.17, 15) is 23.3 Å². The van der Waals surface area contributed by atoms with E-state index < -0.39 is 27.0 Å². The fourth-order valence-corrected chi connectivity index (χ4v) is 3.11. The third-order valence-electron chi connectivity index (χ3n) is 2.88. The number of terminal acetylenes is 1. The number of carbonyl (C=O) groups is 1. The highest BCUT2D eigenvalue weighted by atomic mass is 32.2. The lowest BCUT2D eigenvalue weighted by molar-refractivity contribution is -0.384. The summed E-state index contributed by atoms with van der Waals surface area (Å²) in [4.78, 5) is 21.4. The van der Waals surface area contributed by atoms with Crippen LogP contribution in [0.25, 0.3) is 0 Å². The van der Waals surface area contributed by atoms with Gasteiger partial charge < -0.3 is 4.74 Å². The first-order valence-electron chi connectivity index (χ1n) is 6.23. The van der Waals surface area contributed by atoms with Gasteiger partial charge in [0, 0.05) is 18.2 Å². The van der Waals surface area contributed by atoms with E-state index in [0.29, 0.717) is 4.31 Å². The first kappa shape index (κ1) is 18.2. The van der Waals surface area contributed by atoms with Crippen molar-refractivity contribution in [2.24, 2.45) is 0 Å². The minimum Gasteiger partial charge on any atom is -0.467 e. The van der Waals surface area contributed by atoms with Crippen LogP contribution in [-0.2, 0) is 19.6 Å². The zero-order chi connectivity index (χ0) is 17.6. The number of nitro groups is 1. The summed E-state index contributed by atoms with van der Waals surface area (Å²) in [6.07, 6.45) is 6.52. The summed E-state index contributed by atoms with van der Waals surface area (Å²) in [5.41, 5.74) is -0.271. The Hall–Kier alpha value is -2.86. The summed E-state index contributed by atoms with van der Waals surface area (Å²) >= 11 is 0. The highest BCUT2D eigenvalue weighted by Gasteiger charge is 2.34. The SMILES string of the molecule is C#CN([C@@H](CC=C)C(=O)OC)S(=O)(=O)c1ccc([N+](=O)[O-])cc1. The molecular weight excluding hydrogens is 324 g/mol. The molecule has 0 saturated heterocycles. The van der Waals surface area contributed by atoms with Gasteiger partial charge in [0.1, 0.15) is 0 Å². The number of benzene rings is 1. The Kier molecular flexibility index (Phi) is 5.87. The first-order chi connectivity index (χ1) is 10.8. The normalized spacial score (nSPS) is 11.8. The molecule has 0 spiro atoms. The average molecular weight is 338 g/mol. The van der Waals surface area contributed by atoms with Gasteiger partial charge in [-0.15, -0.1) is 6.58 Å². The van der Waals surface area contributed by atoms with Gasteiger partial charge in [0.05, 0.1) is 16.9 Å². The van der Waals surface area contributed by atoms with Gasteiger partial charge in [-0.3, -0.25) is 10.1 Å². The molecule has 0 aliphatic rings. The zero-order valence-corrected chi connectivity index (χ0v) is 13.0. The van der Waals surface area contributed by atoms with Crippen LogP contribution in [0.3, 0.4) is 0 Å². The van der Waals surface area contributed by atoms with Crippen molar-refractivity contribution in [2.75, 3.05) is 7.11 Å². The van der Waals surface area contributed by atoms with Crippen molar-refractivity contribution in [3.05, 3.63) is 47.0 Å². The summed E-state index contributed by atoms with van der Waals surface area (Å²) in [6, 6.07) is 4.81. The lowest BCUT2D eigenvalue weighted by Gasteiger charge is -2.24. The lowest BCUT2D eigenvalue weighted by Crippen LogP contribution is -2.42. The van der Waals surface area contributed by atoms with Crippen molar-refractivity contribution in [3.63, 3.8) is 0 Å². The van der Waals surface area contributed by atoms with Crippen molar-refractivity contribution in [3.8, 4) is 12.5 Å². The zero-order valence-electron chi connectivity index (χ0n) is 12.2. The minimum absolute atomic E-state index is 0.0525.